The highest BCUT2D eigenvalue weighted by molar-refractivity contribution is 5.92. The van der Waals surface area contributed by atoms with Crippen LogP contribution in [0.2, 0.25) is 0 Å². The van der Waals surface area contributed by atoms with Gasteiger partial charge >= 0.3 is 0 Å². The van der Waals surface area contributed by atoms with E-state index in [1.54, 1.807) is 11.8 Å². The molecule has 1 aromatic rings. The van der Waals surface area contributed by atoms with Gasteiger partial charge in [-0.05, 0) is 6.92 Å². The van der Waals surface area contributed by atoms with Crippen LogP contribution < -0.4 is 16.6 Å². The number of guanidine groups is 1. The number of aryl methyl sites for hydroxylation is 1. The molecule has 1 heterocycles. The zero-order valence-corrected chi connectivity index (χ0v) is 9.77. The van der Waals surface area contributed by atoms with Crippen molar-refractivity contribution in [2.75, 3.05) is 19.0 Å². The second-order valence-electron chi connectivity index (χ2n) is 3.43. The van der Waals surface area contributed by atoms with Gasteiger partial charge in [0.2, 0.25) is 5.96 Å². The topological polar surface area (TPSA) is 89.5 Å². The van der Waals surface area contributed by atoms with Gasteiger partial charge < -0.3 is 10.1 Å². The molecule has 0 aliphatic heterocycles. The lowest BCUT2D eigenvalue weighted by Crippen LogP contribution is -2.37. The molecule has 0 fully saturated rings. The smallest absolute Gasteiger partial charge is 0.211 e. The summed E-state index contributed by atoms with van der Waals surface area (Å²) in [7, 11) is 3.47. The first-order valence-corrected chi connectivity index (χ1v) is 4.95. The Hall–Kier alpha value is -1.60. The van der Waals surface area contributed by atoms with Crippen LogP contribution in [-0.2, 0) is 11.8 Å². The minimum absolute atomic E-state index is 0.0206. The van der Waals surface area contributed by atoms with Gasteiger partial charge in [-0.15, -0.1) is 0 Å². The van der Waals surface area contributed by atoms with Gasteiger partial charge in [-0.3, -0.25) is 10.1 Å². The number of rotatable bonds is 4. The van der Waals surface area contributed by atoms with Gasteiger partial charge in [-0.1, -0.05) is 0 Å². The molecule has 1 aromatic heterocycles. The van der Waals surface area contributed by atoms with Gasteiger partial charge in [0.1, 0.15) is 0 Å². The average molecular weight is 226 g/mol. The number of hydrazine groups is 1. The van der Waals surface area contributed by atoms with Crippen molar-refractivity contribution in [3.05, 3.63) is 12.3 Å². The minimum atomic E-state index is 0.0206. The molecule has 0 amide bonds. The fourth-order valence-electron chi connectivity index (χ4n) is 1.21. The molecule has 90 valence electrons. The number of hydrogen-bond acceptors (Lipinski definition) is 4. The fourth-order valence-corrected chi connectivity index (χ4v) is 1.21. The number of nitrogens with one attached hydrogen (secondary N) is 2. The van der Waals surface area contributed by atoms with Crippen LogP contribution in [0.5, 0.6) is 0 Å². The van der Waals surface area contributed by atoms with Crippen molar-refractivity contribution in [2.45, 2.75) is 13.0 Å². The summed E-state index contributed by atoms with van der Waals surface area (Å²) in [5, 5.41) is 7.11. The maximum absolute atomic E-state index is 5.35. The molecule has 1 atom stereocenters. The Morgan fingerprint density at radius 1 is 1.75 bits per heavy atom. The summed E-state index contributed by atoms with van der Waals surface area (Å²) in [5.74, 6) is 6.50. The number of nitrogens with zero attached hydrogens (tertiary/aromatic N) is 3. The van der Waals surface area contributed by atoms with Crippen molar-refractivity contribution in [3.8, 4) is 0 Å². The number of nitrogens with two attached hydrogens (primary N) is 1. The maximum Gasteiger partial charge on any atom is 0.211 e. The van der Waals surface area contributed by atoms with Crippen LogP contribution in [0.25, 0.3) is 0 Å². The monoisotopic (exact) mass is 226 g/mol. The molecule has 4 N–H and O–H groups in total. The van der Waals surface area contributed by atoms with E-state index in [2.05, 4.69) is 20.8 Å². The van der Waals surface area contributed by atoms with Crippen molar-refractivity contribution in [1.82, 2.24) is 15.2 Å². The molecule has 0 aromatic carbocycles. The third kappa shape index (κ3) is 3.87. The Morgan fingerprint density at radius 3 is 3.00 bits per heavy atom. The molecule has 0 aliphatic carbocycles. The van der Waals surface area contributed by atoms with Gasteiger partial charge in [-0.25, -0.2) is 10.8 Å². The number of anilines is 1. The van der Waals surface area contributed by atoms with E-state index < -0.39 is 0 Å². The predicted octanol–water partition coefficient (Wildman–Crippen LogP) is -0.314. The van der Waals surface area contributed by atoms with Crippen LogP contribution in [0.1, 0.15) is 6.92 Å². The maximum atomic E-state index is 5.35. The molecule has 1 rings (SSSR count). The molecule has 7 nitrogen and oxygen atoms in total. The van der Waals surface area contributed by atoms with Crippen LogP contribution in [-0.4, -0.2) is 35.5 Å². The Kier molecular flexibility index (Phi) is 4.74. The van der Waals surface area contributed by atoms with Crippen molar-refractivity contribution in [2.24, 2.45) is 17.9 Å². The summed E-state index contributed by atoms with van der Waals surface area (Å²) >= 11 is 0. The van der Waals surface area contributed by atoms with Crippen LogP contribution in [0.15, 0.2) is 17.3 Å². The Bertz CT molecular complexity index is 348. The second-order valence-corrected chi connectivity index (χ2v) is 3.43. The highest BCUT2D eigenvalue weighted by Crippen LogP contribution is 2.00. The van der Waals surface area contributed by atoms with Gasteiger partial charge in [0.25, 0.3) is 0 Å². The summed E-state index contributed by atoms with van der Waals surface area (Å²) in [6, 6.07) is 1.85. The third-order valence-corrected chi connectivity index (χ3v) is 1.85. The molecule has 1 unspecified atom stereocenters. The lowest BCUT2D eigenvalue weighted by molar-refractivity contribution is 0.185. The molecular weight excluding hydrogens is 208 g/mol. The first-order valence-electron chi connectivity index (χ1n) is 4.95. The summed E-state index contributed by atoms with van der Waals surface area (Å²) in [6.45, 7) is 2.47. The number of methoxy groups -OCH3 is 1. The average Bonchev–Trinajstić information content (AvgIpc) is 2.63. The second kappa shape index (κ2) is 6.09. The van der Waals surface area contributed by atoms with E-state index in [1.807, 2.05) is 26.2 Å². The van der Waals surface area contributed by atoms with Crippen molar-refractivity contribution in [3.63, 3.8) is 0 Å². The van der Waals surface area contributed by atoms with Crippen LogP contribution >= 0.6 is 0 Å². The summed E-state index contributed by atoms with van der Waals surface area (Å²) in [6.07, 6.45) is 1.83. The molecule has 0 aliphatic rings. The van der Waals surface area contributed by atoms with E-state index in [-0.39, 0.29) is 6.04 Å². The first-order chi connectivity index (χ1) is 7.65. The molecule has 0 bridgehead atoms. The zero-order valence-electron chi connectivity index (χ0n) is 9.77. The van der Waals surface area contributed by atoms with Crippen molar-refractivity contribution >= 4 is 11.8 Å². The van der Waals surface area contributed by atoms with Gasteiger partial charge in [0, 0.05) is 26.4 Å². The first kappa shape index (κ1) is 12.5. The number of ether oxygens (including phenoxy) is 1. The number of aromatic nitrogens is 2. The zero-order chi connectivity index (χ0) is 12.0. The Morgan fingerprint density at radius 2 is 2.50 bits per heavy atom. The molecule has 0 saturated carbocycles. The normalized spacial score (nSPS) is 13.6. The minimum Gasteiger partial charge on any atom is -0.382 e. The summed E-state index contributed by atoms with van der Waals surface area (Å²) in [5.41, 5.74) is 2.48. The molecule has 0 saturated heterocycles. The van der Waals surface area contributed by atoms with E-state index in [0.29, 0.717) is 18.4 Å². The van der Waals surface area contributed by atoms with E-state index in [0.717, 1.165) is 0 Å². The quantitative estimate of drug-likeness (QED) is 0.283. The molecular formula is C9H18N6O. The summed E-state index contributed by atoms with van der Waals surface area (Å²) < 4.78 is 6.67. The third-order valence-electron chi connectivity index (χ3n) is 1.85. The van der Waals surface area contributed by atoms with E-state index in [1.165, 1.54) is 0 Å². The largest absolute Gasteiger partial charge is 0.382 e. The predicted molar refractivity (Wildman–Crippen MR) is 62.9 cm³/mol. The van der Waals surface area contributed by atoms with Gasteiger partial charge in [-0.2, -0.15) is 5.10 Å². The van der Waals surface area contributed by atoms with E-state index in [9.17, 15) is 0 Å². The van der Waals surface area contributed by atoms with Crippen LogP contribution in [0.3, 0.4) is 0 Å². The van der Waals surface area contributed by atoms with Gasteiger partial charge in [0.15, 0.2) is 5.82 Å². The number of hydrogen-bond donors (Lipinski definition) is 3. The van der Waals surface area contributed by atoms with Crippen LogP contribution in [0, 0.1) is 0 Å². The lowest BCUT2D eigenvalue weighted by Gasteiger charge is -2.10. The molecule has 0 spiro atoms. The highest BCUT2D eigenvalue weighted by atomic mass is 16.5. The van der Waals surface area contributed by atoms with Crippen molar-refractivity contribution < 1.29 is 4.74 Å². The molecule has 0 radical (unpaired) electrons. The molecule has 7 heteroatoms. The van der Waals surface area contributed by atoms with Crippen molar-refractivity contribution in [1.29, 1.82) is 0 Å². The Labute approximate surface area is 94.6 Å². The Balaban J connectivity index is 2.61. The van der Waals surface area contributed by atoms with Gasteiger partial charge in [0.05, 0.1) is 12.6 Å². The van der Waals surface area contributed by atoms with Crippen LogP contribution in [0.4, 0.5) is 5.82 Å². The SMILES string of the molecule is COCC(C)N=C(NN)Nc1ccn(C)n1. The highest BCUT2D eigenvalue weighted by Gasteiger charge is 2.03. The van der Waals surface area contributed by atoms with E-state index in [4.69, 9.17) is 10.6 Å². The summed E-state index contributed by atoms with van der Waals surface area (Å²) in [4.78, 5) is 4.28. The lowest BCUT2D eigenvalue weighted by atomic mass is 10.4. The number of aliphatic imine (C=N–C) groups is 1. The standard InChI is InChI=1S/C9H18N6O/c1-7(6-16-3)11-9(13-10)12-8-4-5-15(2)14-8/h4-5,7H,6,10H2,1-3H3,(H2,11,12,13,14). The molecule has 16 heavy (non-hydrogen) atoms. The van der Waals surface area contributed by atoms with E-state index >= 15 is 0 Å². The fraction of sp³-hybridized carbons (Fsp3) is 0.556.